The summed E-state index contributed by atoms with van der Waals surface area (Å²) >= 11 is 0. The van der Waals surface area contributed by atoms with E-state index >= 15 is 0 Å². The standard InChI is InChI=1S/C13H9F5N2O/c1-19-11-4-7(13(16,17)18)5-12(20-11)21-8-2-3-9(14)10(15)6-8/h2-6H,1H3,(H,19,20). The maximum absolute atomic E-state index is 13.0. The number of nitrogens with zero attached hydrogens (tertiary/aromatic N) is 1. The number of benzene rings is 1. The Morgan fingerprint density at radius 1 is 1.05 bits per heavy atom. The molecule has 112 valence electrons. The van der Waals surface area contributed by atoms with E-state index in [1.807, 2.05) is 0 Å². The molecule has 0 amide bonds. The predicted octanol–water partition coefficient (Wildman–Crippen LogP) is 4.21. The van der Waals surface area contributed by atoms with Gasteiger partial charge in [-0.3, -0.25) is 0 Å². The van der Waals surface area contributed by atoms with Crippen molar-refractivity contribution in [3.05, 3.63) is 47.5 Å². The molecule has 1 aromatic heterocycles. The van der Waals surface area contributed by atoms with Crippen LogP contribution in [0.4, 0.5) is 27.8 Å². The Hall–Kier alpha value is -2.38. The number of pyridine rings is 1. The molecule has 0 aliphatic heterocycles. The van der Waals surface area contributed by atoms with Crippen LogP contribution in [0.5, 0.6) is 11.6 Å². The molecular weight excluding hydrogens is 295 g/mol. The maximum atomic E-state index is 13.0. The van der Waals surface area contributed by atoms with Crippen LogP contribution in [0.25, 0.3) is 0 Å². The van der Waals surface area contributed by atoms with E-state index in [1.165, 1.54) is 7.05 Å². The number of nitrogens with one attached hydrogen (secondary N) is 1. The van der Waals surface area contributed by atoms with Crippen LogP contribution in [-0.4, -0.2) is 12.0 Å². The van der Waals surface area contributed by atoms with Crippen molar-refractivity contribution in [2.75, 3.05) is 12.4 Å². The van der Waals surface area contributed by atoms with Gasteiger partial charge in [-0.1, -0.05) is 0 Å². The highest BCUT2D eigenvalue weighted by atomic mass is 19.4. The number of anilines is 1. The Kier molecular flexibility index (Phi) is 3.97. The van der Waals surface area contributed by atoms with E-state index in [-0.39, 0.29) is 17.4 Å². The first-order valence-corrected chi connectivity index (χ1v) is 5.69. The van der Waals surface area contributed by atoms with E-state index in [1.54, 1.807) is 0 Å². The number of aromatic nitrogens is 1. The Morgan fingerprint density at radius 2 is 1.76 bits per heavy atom. The average molecular weight is 304 g/mol. The minimum Gasteiger partial charge on any atom is -0.439 e. The quantitative estimate of drug-likeness (QED) is 0.862. The minimum absolute atomic E-state index is 0.0672. The molecule has 3 nitrogen and oxygen atoms in total. The molecule has 0 aliphatic rings. The molecule has 21 heavy (non-hydrogen) atoms. The third kappa shape index (κ3) is 3.59. The van der Waals surface area contributed by atoms with Crippen LogP contribution < -0.4 is 10.1 Å². The van der Waals surface area contributed by atoms with E-state index in [0.29, 0.717) is 6.07 Å². The van der Waals surface area contributed by atoms with Gasteiger partial charge in [0.15, 0.2) is 11.6 Å². The van der Waals surface area contributed by atoms with Crippen molar-refractivity contribution in [3.63, 3.8) is 0 Å². The fourth-order valence-corrected chi connectivity index (χ4v) is 1.51. The summed E-state index contributed by atoms with van der Waals surface area (Å²) in [5, 5.41) is 2.46. The van der Waals surface area contributed by atoms with Gasteiger partial charge in [0.25, 0.3) is 0 Å². The van der Waals surface area contributed by atoms with Crippen LogP contribution in [0.2, 0.25) is 0 Å². The van der Waals surface area contributed by atoms with Gasteiger partial charge in [-0.25, -0.2) is 8.78 Å². The van der Waals surface area contributed by atoms with E-state index in [4.69, 9.17) is 4.74 Å². The number of hydrogen-bond acceptors (Lipinski definition) is 3. The van der Waals surface area contributed by atoms with Gasteiger partial charge >= 0.3 is 6.18 Å². The first kappa shape index (κ1) is 15.0. The molecule has 0 atom stereocenters. The van der Waals surface area contributed by atoms with Gasteiger partial charge in [-0.05, 0) is 18.2 Å². The molecule has 2 rings (SSSR count). The second-order valence-electron chi connectivity index (χ2n) is 4.01. The van der Waals surface area contributed by atoms with Gasteiger partial charge in [0, 0.05) is 19.2 Å². The summed E-state index contributed by atoms with van der Waals surface area (Å²) in [6, 6.07) is 4.08. The van der Waals surface area contributed by atoms with Crippen molar-refractivity contribution >= 4 is 5.82 Å². The zero-order valence-electron chi connectivity index (χ0n) is 10.6. The fraction of sp³-hybridized carbons (Fsp3) is 0.154. The molecule has 0 spiro atoms. The molecule has 0 saturated heterocycles. The molecule has 0 saturated carbocycles. The van der Waals surface area contributed by atoms with Gasteiger partial charge < -0.3 is 10.1 Å². The molecule has 0 radical (unpaired) electrons. The summed E-state index contributed by atoms with van der Waals surface area (Å²) in [6.45, 7) is 0. The van der Waals surface area contributed by atoms with Crippen molar-refractivity contribution in [3.8, 4) is 11.6 Å². The molecule has 0 fully saturated rings. The average Bonchev–Trinajstić information content (AvgIpc) is 2.41. The molecule has 8 heteroatoms. The lowest BCUT2D eigenvalue weighted by molar-refractivity contribution is -0.137. The molecular formula is C13H9F5N2O. The molecule has 0 aliphatic carbocycles. The lowest BCUT2D eigenvalue weighted by Gasteiger charge is -2.12. The smallest absolute Gasteiger partial charge is 0.416 e. The van der Waals surface area contributed by atoms with Crippen LogP contribution in [0.15, 0.2) is 30.3 Å². The Labute approximate surface area is 116 Å². The van der Waals surface area contributed by atoms with Crippen LogP contribution in [0, 0.1) is 11.6 Å². The molecule has 0 unspecified atom stereocenters. The molecule has 1 N–H and O–H groups in total. The maximum Gasteiger partial charge on any atom is 0.416 e. The number of rotatable bonds is 3. The summed E-state index contributed by atoms with van der Waals surface area (Å²) in [7, 11) is 1.39. The van der Waals surface area contributed by atoms with Gasteiger partial charge in [-0.2, -0.15) is 18.2 Å². The van der Waals surface area contributed by atoms with E-state index in [2.05, 4.69) is 10.3 Å². The van der Waals surface area contributed by atoms with Gasteiger partial charge in [0.1, 0.15) is 11.6 Å². The number of alkyl halides is 3. The predicted molar refractivity (Wildman–Crippen MR) is 65.2 cm³/mol. The highest BCUT2D eigenvalue weighted by Gasteiger charge is 2.32. The second kappa shape index (κ2) is 5.55. The lowest BCUT2D eigenvalue weighted by Crippen LogP contribution is -2.07. The minimum atomic E-state index is -4.58. The van der Waals surface area contributed by atoms with Gasteiger partial charge in [0.2, 0.25) is 5.88 Å². The molecule has 2 aromatic rings. The lowest BCUT2D eigenvalue weighted by atomic mass is 10.2. The number of halogens is 5. The zero-order valence-corrected chi connectivity index (χ0v) is 10.6. The van der Waals surface area contributed by atoms with E-state index in [0.717, 1.165) is 24.3 Å². The van der Waals surface area contributed by atoms with Crippen LogP contribution in [0.3, 0.4) is 0 Å². The van der Waals surface area contributed by atoms with E-state index < -0.39 is 23.4 Å². The largest absolute Gasteiger partial charge is 0.439 e. The van der Waals surface area contributed by atoms with Crippen molar-refractivity contribution < 1.29 is 26.7 Å². The normalized spacial score (nSPS) is 11.3. The summed E-state index contributed by atoms with van der Waals surface area (Å²) < 4.78 is 69.0. The highest BCUT2D eigenvalue weighted by molar-refractivity contribution is 5.43. The third-order valence-corrected chi connectivity index (χ3v) is 2.50. The SMILES string of the molecule is CNc1cc(C(F)(F)F)cc(Oc2ccc(F)c(F)c2)n1. The van der Waals surface area contributed by atoms with Gasteiger partial charge in [0.05, 0.1) is 5.56 Å². The fourth-order valence-electron chi connectivity index (χ4n) is 1.51. The third-order valence-electron chi connectivity index (χ3n) is 2.50. The topological polar surface area (TPSA) is 34.1 Å². The molecule has 1 aromatic carbocycles. The number of ether oxygens (including phenoxy) is 1. The highest BCUT2D eigenvalue weighted by Crippen LogP contribution is 2.33. The number of hydrogen-bond donors (Lipinski definition) is 1. The van der Waals surface area contributed by atoms with Crippen molar-refractivity contribution in [2.24, 2.45) is 0 Å². The van der Waals surface area contributed by atoms with Gasteiger partial charge in [-0.15, -0.1) is 0 Å². The second-order valence-corrected chi connectivity index (χ2v) is 4.01. The summed E-state index contributed by atoms with van der Waals surface area (Å²) in [6.07, 6.45) is -4.58. The molecule has 0 bridgehead atoms. The Balaban J connectivity index is 2.36. The van der Waals surface area contributed by atoms with Crippen LogP contribution >= 0.6 is 0 Å². The zero-order chi connectivity index (χ0) is 15.6. The van der Waals surface area contributed by atoms with Crippen LogP contribution in [0.1, 0.15) is 5.56 Å². The first-order chi connectivity index (χ1) is 9.79. The first-order valence-electron chi connectivity index (χ1n) is 5.69. The van der Waals surface area contributed by atoms with Crippen molar-refractivity contribution in [1.29, 1.82) is 0 Å². The Morgan fingerprint density at radius 3 is 2.33 bits per heavy atom. The summed E-state index contributed by atoms with van der Waals surface area (Å²) in [5.41, 5.74) is -0.973. The van der Waals surface area contributed by atoms with E-state index in [9.17, 15) is 22.0 Å². The monoisotopic (exact) mass is 304 g/mol. The molecule has 1 heterocycles. The summed E-state index contributed by atoms with van der Waals surface area (Å²) in [5.74, 6) is -2.88. The summed E-state index contributed by atoms with van der Waals surface area (Å²) in [4.78, 5) is 3.76. The van der Waals surface area contributed by atoms with Crippen LogP contribution in [-0.2, 0) is 6.18 Å². The Bertz CT molecular complexity index is 657. The van der Waals surface area contributed by atoms with Crippen molar-refractivity contribution in [1.82, 2.24) is 4.98 Å². The van der Waals surface area contributed by atoms with Crippen molar-refractivity contribution in [2.45, 2.75) is 6.18 Å².